The van der Waals surface area contributed by atoms with Crippen LogP contribution in [-0.2, 0) is 7.05 Å². The van der Waals surface area contributed by atoms with Crippen molar-refractivity contribution >= 4 is 0 Å². The van der Waals surface area contributed by atoms with Crippen molar-refractivity contribution in [2.75, 3.05) is 0 Å². The van der Waals surface area contributed by atoms with Crippen LogP contribution in [0.25, 0.3) is 11.3 Å². The summed E-state index contributed by atoms with van der Waals surface area (Å²) in [6.45, 7) is -0.0680. The van der Waals surface area contributed by atoms with E-state index in [1.54, 1.807) is 12.1 Å². The van der Waals surface area contributed by atoms with Crippen molar-refractivity contribution in [1.29, 1.82) is 0 Å². The molecule has 0 atom stereocenters. The van der Waals surface area contributed by atoms with E-state index in [0.717, 1.165) is 16.8 Å². The van der Waals surface area contributed by atoms with Crippen LogP contribution in [0.2, 0.25) is 0 Å². The monoisotopic (exact) mass is 201 g/mol. The smallest absolute Gasteiger partial charge is 0.201 e. The molecule has 1 heterocycles. The number of rotatable bonds is 1. The second kappa shape index (κ2) is 3.85. The summed E-state index contributed by atoms with van der Waals surface area (Å²) in [6.07, 6.45) is 1.96. The van der Waals surface area contributed by atoms with Gasteiger partial charge >= 0.3 is 0 Å². The zero-order valence-corrected chi connectivity index (χ0v) is 8.99. The SMILES string of the molecule is [2H]C([2H])([2H])c1ccc(C)c(-c2cccc[n+]2C)c1. The first-order chi connectivity index (χ1) is 8.39. The molecule has 15 heavy (non-hydrogen) atoms. The summed E-state index contributed by atoms with van der Waals surface area (Å²) in [7, 11) is 1.96. The molecule has 0 unspecified atom stereocenters. The van der Waals surface area contributed by atoms with Gasteiger partial charge < -0.3 is 0 Å². The maximum Gasteiger partial charge on any atom is 0.212 e. The maximum atomic E-state index is 7.48. The van der Waals surface area contributed by atoms with Gasteiger partial charge in [-0.2, -0.15) is 0 Å². The van der Waals surface area contributed by atoms with Gasteiger partial charge in [-0.25, -0.2) is 4.57 Å². The van der Waals surface area contributed by atoms with Crippen LogP contribution in [0.3, 0.4) is 0 Å². The van der Waals surface area contributed by atoms with E-state index in [2.05, 4.69) is 0 Å². The number of nitrogens with zero attached hydrogens (tertiary/aromatic N) is 1. The Morgan fingerprint density at radius 1 is 1.20 bits per heavy atom. The van der Waals surface area contributed by atoms with Crippen molar-refractivity contribution in [1.82, 2.24) is 0 Å². The van der Waals surface area contributed by atoms with Crippen LogP contribution < -0.4 is 4.57 Å². The second-order valence-corrected chi connectivity index (χ2v) is 3.73. The minimum absolute atomic E-state index is 0.381. The number of hydrogen-bond acceptors (Lipinski definition) is 0. The molecule has 0 bridgehead atoms. The van der Waals surface area contributed by atoms with Gasteiger partial charge in [0.15, 0.2) is 6.20 Å². The molecule has 1 heteroatoms. The van der Waals surface area contributed by atoms with Crippen LogP contribution in [-0.4, -0.2) is 0 Å². The Morgan fingerprint density at radius 2 is 2.07 bits per heavy atom. The molecule has 76 valence electrons. The first-order valence-corrected chi connectivity index (χ1v) is 4.96. The molecule has 1 aromatic heterocycles. The molecule has 0 saturated heterocycles. The molecule has 0 fully saturated rings. The van der Waals surface area contributed by atoms with Gasteiger partial charge in [0.05, 0.1) is 0 Å². The van der Waals surface area contributed by atoms with Crippen molar-refractivity contribution in [3.8, 4) is 11.3 Å². The first kappa shape index (κ1) is 6.78. The number of aromatic nitrogens is 1. The van der Waals surface area contributed by atoms with Gasteiger partial charge in [0.2, 0.25) is 5.69 Å². The normalized spacial score (nSPS) is 14.1. The van der Waals surface area contributed by atoms with E-state index >= 15 is 0 Å². The summed E-state index contributed by atoms with van der Waals surface area (Å²) in [5.41, 5.74) is 3.43. The Labute approximate surface area is 95.2 Å². The lowest BCUT2D eigenvalue weighted by molar-refractivity contribution is -0.660. The zero-order chi connectivity index (χ0) is 13.3. The Kier molecular flexibility index (Phi) is 1.74. The van der Waals surface area contributed by atoms with Gasteiger partial charge in [-0.15, -0.1) is 0 Å². The lowest BCUT2D eigenvalue weighted by Gasteiger charge is -2.04. The third-order valence-electron chi connectivity index (χ3n) is 2.57. The minimum Gasteiger partial charge on any atom is -0.201 e. The zero-order valence-electron chi connectivity index (χ0n) is 12.0. The van der Waals surface area contributed by atoms with E-state index in [4.69, 9.17) is 4.11 Å². The third kappa shape index (κ3) is 1.91. The molecule has 0 N–H and O–H groups in total. The third-order valence-corrected chi connectivity index (χ3v) is 2.57. The Balaban J connectivity index is 2.61. The van der Waals surface area contributed by atoms with Gasteiger partial charge in [-0.05, 0) is 31.5 Å². The summed E-state index contributed by atoms with van der Waals surface area (Å²) in [4.78, 5) is 0. The topological polar surface area (TPSA) is 3.88 Å². The Bertz CT molecular complexity index is 573. The highest BCUT2D eigenvalue weighted by Crippen LogP contribution is 2.20. The quantitative estimate of drug-likeness (QED) is 0.625. The fraction of sp³-hybridized carbons (Fsp3) is 0.214. The number of aryl methyl sites for hydroxylation is 3. The van der Waals surface area contributed by atoms with E-state index in [1.807, 2.05) is 49.0 Å². The molecule has 0 aliphatic heterocycles. The Hall–Kier alpha value is -1.63. The Morgan fingerprint density at radius 3 is 2.80 bits per heavy atom. The highest BCUT2D eigenvalue weighted by molar-refractivity contribution is 5.61. The van der Waals surface area contributed by atoms with Crippen molar-refractivity contribution in [2.24, 2.45) is 7.05 Å². The average Bonchev–Trinajstić information content (AvgIpc) is 2.29. The molecule has 0 amide bonds. The predicted octanol–water partition coefficient (Wildman–Crippen LogP) is 2.79. The van der Waals surface area contributed by atoms with Crippen molar-refractivity contribution in [2.45, 2.75) is 13.8 Å². The van der Waals surface area contributed by atoms with E-state index in [-0.39, 0.29) is 0 Å². The molecular formula is C14H16N+. The first-order valence-electron chi connectivity index (χ1n) is 6.46. The van der Waals surface area contributed by atoms with E-state index in [0.29, 0.717) is 5.56 Å². The van der Waals surface area contributed by atoms with Crippen molar-refractivity contribution in [3.05, 3.63) is 53.7 Å². The number of pyridine rings is 1. The van der Waals surface area contributed by atoms with E-state index < -0.39 is 6.85 Å². The minimum atomic E-state index is -2.06. The van der Waals surface area contributed by atoms with E-state index in [9.17, 15) is 0 Å². The lowest BCUT2D eigenvalue weighted by atomic mass is 10.0. The molecular weight excluding hydrogens is 182 g/mol. The summed E-state index contributed by atoms with van der Waals surface area (Å²) >= 11 is 0. The van der Waals surface area contributed by atoms with Gasteiger partial charge in [-0.3, -0.25) is 0 Å². The highest BCUT2D eigenvalue weighted by atomic mass is 14.9. The van der Waals surface area contributed by atoms with Crippen molar-refractivity contribution < 1.29 is 8.68 Å². The van der Waals surface area contributed by atoms with Gasteiger partial charge in [0, 0.05) is 21.8 Å². The molecule has 0 aliphatic rings. The summed E-state index contributed by atoms with van der Waals surface area (Å²) < 4.78 is 24.4. The predicted molar refractivity (Wildman–Crippen MR) is 62.5 cm³/mol. The molecule has 0 saturated carbocycles. The van der Waals surface area contributed by atoms with Crippen molar-refractivity contribution in [3.63, 3.8) is 0 Å². The summed E-state index contributed by atoms with van der Waals surface area (Å²) in [6, 6.07) is 11.2. The lowest BCUT2D eigenvalue weighted by Crippen LogP contribution is -2.30. The fourth-order valence-electron chi connectivity index (χ4n) is 1.70. The van der Waals surface area contributed by atoms with E-state index in [1.165, 1.54) is 0 Å². The van der Waals surface area contributed by atoms with Crippen LogP contribution in [0.15, 0.2) is 42.6 Å². The highest BCUT2D eigenvalue weighted by Gasteiger charge is 2.10. The van der Waals surface area contributed by atoms with Crippen LogP contribution in [0, 0.1) is 13.8 Å². The van der Waals surface area contributed by atoms with Gasteiger partial charge in [0.25, 0.3) is 0 Å². The standard InChI is InChI=1S/C14H16N/c1-11-7-8-12(2)13(10-11)14-6-4-5-9-15(14)3/h4-10H,1-3H3/q+1/i1D3. The van der Waals surface area contributed by atoms with Gasteiger partial charge in [0.1, 0.15) is 7.05 Å². The van der Waals surface area contributed by atoms with Crippen LogP contribution in [0.4, 0.5) is 0 Å². The summed E-state index contributed by atoms with van der Waals surface area (Å²) in [5.74, 6) is 0. The second-order valence-electron chi connectivity index (χ2n) is 3.73. The number of benzene rings is 1. The van der Waals surface area contributed by atoms with Gasteiger partial charge in [-0.1, -0.05) is 17.7 Å². The summed E-state index contributed by atoms with van der Waals surface area (Å²) in [5, 5.41) is 0. The molecule has 2 aromatic rings. The number of hydrogen-bond donors (Lipinski definition) is 0. The van der Waals surface area contributed by atoms with Crippen LogP contribution in [0.1, 0.15) is 15.2 Å². The molecule has 0 aliphatic carbocycles. The van der Waals surface area contributed by atoms with Crippen LogP contribution >= 0.6 is 0 Å². The molecule has 1 nitrogen and oxygen atoms in total. The molecule has 0 radical (unpaired) electrons. The largest absolute Gasteiger partial charge is 0.212 e. The molecule has 0 spiro atoms. The molecule has 1 aromatic carbocycles. The average molecular weight is 201 g/mol. The molecule has 2 rings (SSSR count). The van der Waals surface area contributed by atoms with Crippen LogP contribution in [0.5, 0.6) is 0 Å². The maximum absolute atomic E-state index is 7.48. The fourth-order valence-corrected chi connectivity index (χ4v) is 1.70.